The lowest BCUT2D eigenvalue weighted by Gasteiger charge is -2.16. The summed E-state index contributed by atoms with van der Waals surface area (Å²) in [5.74, 6) is -2.84. The monoisotopic (exact) mass is 269 g/mol. The number of aliphatic hydroxyl groups is 1. The Kier molecular flexibility index (Phi) is 4.55. The van der Waals surface area contributed by atoms with Crippen LogP contribution in [0.2, 0.25) is 0 Å². The summed E-state index contributed by atoms with van der Waals surface area (Å²) in [4.78, 5) is 22.1. The molecular weight excluding hydrogens is 255 g/mol. The molecule has 0 aromatic heterocycles. The largest absolute Gasteiger partial charge is 0.481 e. The van der Waals surface area contributed by atoms with E-state index in [2.05, 4.69) is 0 Å². The number of aliphatic carboxylic acids is 1. The molecule has 0 radical (unpaired) electrons. The summed E-state index contributed by atoms with van der Waals surface area (Å²) in [6, 6.07) is 0. The maximum absolute atomic E-state index is 12.0. The Morgan fingerprint density at radius 3 is 2.28 bits per heavy atom. The molecule has 0 spiro atoms. The first-order valence-corrected chi connectivity index (χ1v) is 5.47. The maximum atomic E-state index is 12.0. The van der Waals surface area contributed by atoms with Crippen LogP contribution in [-0.4, -0.2) is 40.9 Å². The summed E-state index contributed by atoms with van der Waals surface area (Å²) in [5.41, 5.74) is 0. The number of nitrogens with one attached hydrogen (secondary N) is 1. The van der Waals surface area contributed by atoms with Crippen LogP contribution in [0.3, 0.4) is 0 Å². The van der Waals surface area contributed by atoms with Crippen LogP contribution in [-0.2, 0) is 9.59 Å². The van der Waals surface area contributed by atoms with E-state index in [4.69, 9.17) is 10.2 Å². The molecule has 3 atom stereocenters. The second-order valence-corrected chi connectivity index (χ2v) is 4.35. The molecule has 0 bridgehead atoms. The smallest absolute Gasteiger partial charge is 0.416 e. The zero-order valence-corrected chi connectivity index (χ0v) is 9.41. The van der Waals surface area contributed by atoms with Crippen LogP contribution in [0.25, 0.3) is 0 Å². The van der Waals surface area contributed by atoms with Gasteiger partial charge in [-0.3, -0.25) is 9.59 Å². The van der Waals surface area contributed by atoms with E-state index >= 15 is 0 Å². The lowest BCUT2D eigenvalue weighted by molar-refractivity contribution is -0.202. The number of carbonyl (C=O) groups is 2. The molecule has 8 heteroatoms. The minimum atomic E-state index is -4.77. The molecule has 1 rings (SSSR count). The van der Waals surface area contributed by atoms with Crippen molar-refractivity contribution in [2.45, 2.75) is 31.5 Å². The van der Waals surface area contributed by atoms with Crippen molar-refractivity contribution in [3.63, 3.8) is 0 Å². The van der Waals surface area contributed by atoms with Crippen molar-refractivity contribution in [2.24, 2.45) is 11.8 Å². The highest BCUT2D eigenvalue weighted by Crippen LogP contribution is 2.31. The first-order chi connectivity index (χ1) is 8.21. The number of hydrogen-bond acceptors (Lipinski definition) is 3. The molecular formula is C10H14F3NO4. The minimum absolute atomic E-state index is 0.128. The maximum Gasteiger partial charge on any atom is 0.416 e. The lowest BCUT2D eigenvalue weighted by atomic mass is 10.0. The van der Waals surface area contributed by atoms with Gasteiger partial charge in [0.25, 0.3) is 0 Å². The highest BCUT2D eigenvalue weighted by atomic mass is 19.4. The molecule has 0 heterocycles. The van der Waals surface area contributed by atoms with Gasteiger partial charge in [0.15, 0.2) is 6.10 Å². The van der Waals surface area contributed by atoms with Gasteiger partial charge in [-0.25, -0.2) is 0 Å². The summed E-state index contributed by atoms with van der Waals surface area (Å²) in [6.45, 7) is -0.906. The first kappa shape index (κ1) is 14.7. The molecule has 0 aromatic rings. The number of amides is 1. The molecule has 5 nitrogen and oxygen atoms in total. The van der Waals surface area contributed by atoms with Crippen molar-refractivity contribution in [3.05, 3.63) is 0 Å². The fourth-order valence-corrected chi connectivity index (χ4v) is 1.90. The van der Waals surface area contributed by atoms with Crippen molar-refractivity contribution in [2.75, 3.05) is 6.54 Å². The van der Waals surface area contributed by atoms with Crippen LogP contribution in [0, 0.1) is 11.8 Å². The van der Waals surface area contributed by atoms with Gasteiger partial charge >= 0.3 is 12.1 Å². The van der Waals surface area contributed by atoms with Gasteiger partial charge in [0, 0.05) is 5.92 Å². The summed E-state index contributed by atoms with van der Waals surface area (Å²) >= 11 is 0. The zero-order chi connectivity index (χ0) is 13.9. The van der Waals surface area contributed by atoms with Gasteiger partial charge in [-0.15, -0.1) is 0 Å². The quantitative estimate of drug-likeness (QED) is 0.694. The van der Waals surface area contributed by atoms with E-state index in [0.717, 1.165) is 0 Å². The van der Waals surface area contributed by atoms with Crippen molar-refractivity contribution in [1.29, 1.82) is 0 Å². The Morgan fingerprint density at radius 2 is 1.83 bits per heavy atom. The summed E-state index contributed by atoms with van der Waals surface area (Å²) < 4.78 is 35.9. The number of hydrogen-bond donors (Lipinski definition) is 3. The highest BCUT2D eigenvalue weighted by Gasteiger charge is 2.39. The van der Waals surface area contributed by atoms with Crippen LogP contribution in [0.1, 0.15) is 19.3 Å². The molecule has 104 valence electrons. The van der Waals surface area contributed by atoms with Crippen molar-refractivity contribution >= 4 is 11.9 Å². The van der Waals surface area contributed by atoms with E-state index in [0.29, 0.717) is 12.8 Å². The normalized spacial score (nSPS) is 25.8. The first-order valence-electron chi connectivity index (χ1n) is 5.47. The second kappa shape index (κ2) is 5.55. The van der Waals surface area contributed by atoms with Gasteiger partial charge in [-0.2, -0.15) is 13.2 Å². The second-order valence-electron chi connectivity index (χ2n) is 4.35. The van der Waals surface area contributed by atoms with Gasteiger partial charge in [0.05, 0.1) is 12.5 Å². The number of carboxylic acids is 1. The Hall–Kier alpha value is -1.31. The molecule has 1 unspecified atom stereocenters. The lowest BCUT2D eigenvalue weighted by Crippen LogP contribution is -2.42. The van der Waals surface area contributed by atoms with Crippen LogP contribution < -0.4 is 5.32 Å². The molecule has 0 aromatic carbocycles. The van der Waals surface area contributed by atoms with Gasteiger partial charge in [0.1, 0.15) is 0 Å². The van der Waals surface area contributed by atoms with Crippen LogP contribution in [0.5, 0.6) is 0 Å². The Bertz CT molecular complexity index is 332. The number of halogens is 3. The third kappa shape index (κ3) is 3.86. The van der Waals surface area contributed by atoms with Gasteiger partial charge in [-0.1, -0.05) is 0 Å². The van der Waals surface area contributed by atoms with E-state index in [9.17, 15) is 22.8 Å². The Balaban J connectivity index is 2.37. The number of aliphatic hydroxyl groups excluding tert-OH is 1. The van der Waals surface area contributed by atoms with Crippen molar-refractivity contribution in [1.82, 2.24) is 5.32 Å². The topological polar surface area (TPSA) is 86.6 Å². The molecule has 1 aliphatic rings. The van der Waals surface area contributed by atoms with Crippen LogP contribution >= 0.6 is 0 Å². The van der Waals surface area contributed by atoms with Gasteiger partial charge < -0.3 is 15.5 Å². The number of alkyl halides is 3. The zero-order valence-electron chi connectivity index (χ0n) is 9.41. The van der Waals surface area contributed by atoms with Crippen molar-refractivity contribution in [3.8, 4) is 0 Å². The minimum Gasteiger partial charge on any atom is -0.481 e. The average Bonchev–Trinajstić information content (AvgIpc) is 2.73. The third-order valence-corrected chi connectivity index (χ3v) is 3.00. The predicted octanol–water partition coefficient (Wildman–Crippen LogP) is 0.527. The number of carbonyl (C=O) groups excluding carboxylic acids is 1. The SMILES string of the molecule is O=C(O)[C@H]1CC[C@@H](C(=O)NCC(O)C(F)(F)F)C1. The van der Waals surface area contributed by atoms with E-state index in [-0.39, 0.29) is 6.42 Å². The number of carboxylic acid groups (broad SMARTS) is 1. The number of rotatable bonds is 4. The molecule has 3 N–H and O–H groups in total. The van der Waals surface area contributed by atoms with E-state index in [1.54, 1.807) is 0 Å². The fourth-order valence-electron chi connectivity index (χ4n) is 1.90. The molecule has 1 amide bonds. The Labute approximate surface area is 101 Å². The Morgan fingerprint density at radius 1 is 1.28 bits per heavy atom. The van der Waals surface area contributed by atoms with E-state index in [1.807, 2.05) is 5.32 Å². The molecule has 1 aliphatic carbocycles. The summed E-state index contributed by atoms with van der Waals surface area (Å²) in [7, 11) is 0. The molecule has 1 saturated carbocycles. The van der Waals surface area contributed by atoms with Gasteiger partial charge in [-0.05, 0) is 19.3 Å². The highest BCUT2D eigenvalue weighted by molar-refractivity contribution is 5.80. The van der Waals surface area contributed by atoms with Gasteiger partial charge in [0.2, 0.25) is 5.91 Å². The molecule has 0 saturated heterocycles. The van der Waals surface area contributed by atoms with E-state index in [1.165, 1.54) is 0 Å². The van der Waals surface area contributed by atoms with Crippen LogP contribution in [0.15, 0.2) is 0 Å². The molecule has 18 heavy (non-hydrogen) atoms. The van der Waals surface area contributed by atoms with Crippen LogP contribution in [0.4, 0.5) is 13.2 Å². The predicted molar refractivity (Wildman–Crippen MR) is 53.5 cm³/mol. The fraction of sp³-hybridized carbons (Fsp3) is 0.800. The standard InChI is InChI=1S/C10H14F3NO4/c11-10(12,13)7(15)4-14-8(16)5-1-2-6(3-5)9(17)18/h5-7,15H,1-4H2,(H,14,16)(H,17,18)/t5-,6+,7?/m1/s1. The average molecular weight is 269 g/mol. The van der Waals surface area contributed by atoms with Crippen molar-refractivity contribution < 1.29 is 33.0 Å². The summed E-state index contributed by atoms with van der Waals surface area (Å²) in [6.07, 6.45) is -6.56. The third-order valence-electron chi connectivity index (χ3n) is 3.00. The molecule has 0 aliphatic heterocycles. The molecule has 1 fully saturated rings. The summed E-state index contributed by atoms with van der Waals surface area (Å²) in [5, 5.41) is 19.4. The van der Waals surface area contributed by atoms with E-state index < -0.39 is 42.5 Å².